The standard InChI is InChI=1S/C19H19ClF3N5O3S.C19H21F3N6O3S.C12H14ClN3O2S.C7H6ClF3N2O/c1-3-4-14-12-27(32(30,31)15-5-6-16(20)24-11-15)7-8-28(14)17-25-9-13(10-26-17)18(2,29)19(21,22)23;1-3-4-14-12-27(32(30,31)15-5-6-16(23)24-11-15)7-8-28(14)17-25-9-13(10-26-17)18(2,29)19(20,21)22;1-2-3-10-9-16(7-6-14-10)19(17,18)11-4-5-12(13)15-8-11;1-6(14,7(9,10)11)4-2-12-5(8)13-3-4/h5-6,9-11,14,29H,7-8,12H2,1-2H3;5-6,9-11,14,29H,7-8,12H2,1-2H3,(H2,23,24);4-5,8,10,14H,6-7,9H2,1H3;2-3,14H,1H3. The number of nitrogens with zero attached hydrogens (tertiary/aromatic N) is 14. The van der Waals surface area contributed by atoms with E-state index in [1.54, 1.807) is 30.6 Å². The molecule has 6 unspecified atom stereocenters. The molecule has 3 saturated heterocycles. The predicted molar refractivity (Wildman–Crippen MR) is 336 cm³/mol. The summed E-state index contributed by atoms with van der Waals surface area (Å²) in [4.78, 5) is 37.3. The van der Waals surface area contributed by atoms with Gasteiger partial charge in [0.15, 0.2) is 16.8 Å². The van der Waals surface area contributed by atoms with Gasteiger partial charge in [-0.3, -0.25) is 0 Å². The van der Waals surface area contributed by atoms with Crippen LogP contribution in [0.1, 0.15) is 58.2 Å². The number of hydrogen-bond donors (Lipinski definition) is 5. The van der Waals surface area contributed by atoms with Crippen LogP contribution in [-0.4, -0.2) is 194 Å². The summed E-state index contributed by atoms with van der Waals surface area (Å²) in [6, 6.07) is 7.00. The quantitative estimate of drug-likeness (QED) is 0.0433. The third-order valence-electron chi connectivity index (χ3n) is 14.6. The van der Waals surface area contributed by atoms with Gasteiger partial charge in [0, 0.05) is 131 Å². The third-order valence-corrected chi connectivity index (χ3v) is 20.8. The average molecular weight is 1490 g/mol. The Morgan fingerprint density at radius 2 is 0.794 bits per heavy atom. The number of halogens is 12. The SMILES string of the molecule is CC#CC1CN(S(=O)(=O)c2ccc(Cl)nc2)CCN1.CC#CC1CN(S(=O)(=O)c2ccc(Cl)nc2)CCN1c1ncc(C(C)(O)C(F)(F)F)cn1.CC#CC1CN(S(=O)(=O)c2ccc(N)nc2)CCN1c1ncc(C(C)(O)C(F)(F)F)cn1.CC(O)(c1cnc(Cl)nc1)C(F)(F)F. The van der Waals surface area contributed by atoms with Crippen molar-refractivity contribution in [1.29, 1.82) is 0 Å². The number of hydrogen-bond acceptors (Lipinski definition) is 22. The highest BCUT2D eigenvalue weighted by atomic mass is 35.5. The number of piperazine rings is 3. The number of aliphatic hydroxyl groups is 3. The van der Waals surface area contributed by atoms with Gasteiger partial charge in [0.2, 0.25) is 47.3 Å². The second-order valence-corrected chi connectivity index (χ2v) is 28.2. The van der Waals surface area contributed by atoms with E-state index in [1.807, 2.05) is 0 Å². The van der Waals surface area contributed by atoms with Crippen molar-refractivity contribution in [3.63, 3.8) is 0 Å². The molecule has 0 aliphatic carbocycles. The second-order valence-electron chi connectivity index (χ2n) is 21.2. The summed E-state index contributed by atoms with van der Waals surface area (Å²) in [6.07, 6.45) is -5.69. The van der Waals surface area contributed by atoms with Crippen LogP contribution in [0.2, 0.25) is 15.6 Å². The van der Waals surface area contributed by atoms with Gasteiger partial charge in [-0.2, -0.15) is 52.4 Å². The predicted octanol–water partition coefficient (Wildman–Crippen LogP) is 5.94. The molecule has 6 aromatic heterocycles. The molecule has 3 aliphatic heterocycles. The lowest BCUT2D eigenvalue weighted by atomic mass is 9.99. The zero-order valence-electron chi connectivity index (χ0n) is 51.6. The van der Waals surface area contributed by atoms with E-state index in [-0.39, 0.29) is 93.3 Å². The molecule has 0 aromatic carbocycles. The summed E-state index contributed by atoms with van der Waals surface area (Å²) in [5, 5.41) is 32.2. The zero-order chi connectivity index (χ0) is 72.3. The fourth-order valence-electron chi connectivity index (χ4n) is 8.74. The summed E-state index contributed by atoms with van der Waals surface area (Å²) >= 11 is 16.7. The molecule has 40 heteroatoms. The molecule has 6 atom stereocenters. The largest absolute Gasteiger partial charge is 0.421 e. The van der Waals surface area contributed by atoms with E-state index in [2.05, 4.69) is 85.7 Å². The van der Waals surface area contributed by atoms with Crippen LogP contribution < -0.4 is 20.9 Å². The van der Waals surface area contributed by atoms with Crippen molar-refractivity contribution in [2.45, 2.75) is 110 Å². The van der Waals surface area contributed by atoms with Gasteiger partial charge in [0.1, 0.15) is 42.9 Å². The molecule has 0 radical (unpaired) electrons. The maximum atomic E-state index is 13.0. The van der Waals surface area contributed by atoms with Crippen molar-refractivity contribution in [2.75, 3.05) is 74.4 Å². The Morgan fingerprint density at radius 3 is 1.10 bits per heavy atom. The van der Waals surface area contributed by atoms with Gasteiger partial charge in [0.05, 0.1) is 6.04 Å². The normalized spacial score (nSPS) is 19.4. The van der Waals surface area contributed by atoms with Crippen molar-refractivity contribution in [1.82, 2.24) is 63.1 Å². The Kier molecular flexibility index (Phi) is 25.6. The van der Waals surface area contributed by atoms with Crippen LogP contribution in [0.4, 0.5) is 57.2 Å². The summed E-state index contributed by atoms with van der Waals surface area (Å²) in [7, 11) is -11.2. The van der Waals surface area contributed by atoms with Gasteiger partial charge in [-0.05, 0) is 89.5 Å². The molecule has 97 heavy (non-hydrogen) atoms. The first-order chi connectivity index (χ1) is 45.0. The fraction of sp³-hybridized carbons (Fsp3) is 0.421. The molecule has 3 fully saturated rings. The lowest BCUT2D eigenvalue weighted by molar-refractivity contribution is -0.259. The Labute approximate surface area is 566 Å². The molecule has 0 bridgehead atoms. The van der Waals surface area contributed by atoms with Crippen molar-refractivity contribution >= 4 is 82.6 Å². The van der Waals surface area contributed by atoms with Crippen LogP contribution in [0.3, 0.4) is 0 Å². The lowest BCUT2D eigenvalue weighted by Crippen LogP contribution is -2.54. The molecule has 3 aliphatic rings. The highest BCUT2D eigenvalue weighted by Crippen LogP contribution is 2.41. The number of rotatable bonds is 11. The van der Waals surface area contributed by atoms with Crippen LogP contribution in [-0.2, 0) is 46.9 Å². The van der Waals surface area contributed by atoms with Gasteiger partial charge in [-0.1, -0.05) is 41.0 Å². The Bertz CT molecular complexity index is 4040. The van der Waals surface area contributed by atoms with E-state index in [9.17, 15) is 75.0 Å². The first-order valence-corrected chi connectivity index (χ1v) is 33.5. The number of anilines is 3. The van der Waals surface area contributed by atoms with Crippen LogP contribution in [0.25, 0.3) is 0 Å². The molecule has 0 amide bonds. The van der Waals surface area contributed by atoms with Crippen LogP contribution >= 0.6 is 34.8 Å². The van der Waals surface area contributed by atoms with E-state index in [0.717, 1.165) is 37.2 Å². The van der Waals surface area contributed by atoms with Gasteiger partial charge in [-0.15, -0.1) is 17.8 Å². The average Bonchev–Trinajstić information content (AvgIpc) is 0.799. The minimum absolute atomic E-state index is 0.0150. The molecular weight excluding hydrogens is 1430 g/mol. The second kappa shape index (κ2) is 31.6. The number of sulfonamides is 3. The zero-order valence-corrected chi connectivity index (χ0v) is 56.4. The van der Waals surface area contributed by atoms with Gasteiger partial charge >= 0.3 is 18.5 Å². The highest BCUT2D eigenvalue weighted by Gasteiger charge is 2.54. The molecule has 25 nitrogen and oxygen atoms in total. The highest BCUT2D eigenvalue weighted by molar-refractivity contribution is 7.89. The van der Waals surface area contributed by atoms with Gasteiger partial charge in [0.25, 0.3) is 0 Å². The summed E-state index contributed by atoms with van der Waals surface area (Å²) in [5.74, 6) is 17.3. The Balaban J connectivity index is 0.000000214. The van der Waals surface area contributed by atoms with Crippen LogP contribution in [0, 0.1) is 35.5 Å². The van der Waals surface area contributed by atoms with Crippen LogP contribution in [0.15, 0.2) is 107 Å². The minimum atomic E-state index is -4.90. The molecular formula is C57H60Cl3F9N16O9S3. The summed E-state index contributed by atoms with van der Waals surface area (Å²) < 4.78 is 196. The number of alkyl halides is 9. The number of nitrogens with one attached hydrogen (secondary N) is 1. The molecule has 6 N–H and O–H groups in total. The van der Waals surface area contributed by atoms with Crippen molar-refractivity contribution in [3.8, 4) is 35.5 Å². The Morgan fingerprint density at radius 1 is 0.464 bits per heavy atom. The number of aromatic nitrogens is 9. The van der Waals surface area contributed by atoms with E-state index in [0.29, 0.717) is 40.4 Å². The molecule has 0 saturated carbocycles. The Hall–Kier alpha value is -7.42. The summed E-state index contributed by atoms with van der Waals surface area (Å²) in [5.41, 5.74) is -5.12. The van der Waals surface area contributed by atoms with E-state index >= 15 is 0 Å². The maximum Gasteiger partial charge on any atom is 0.421 e. The molecule has 9 rings (SSSR count). The topological polar surface area (TPSA) is 333 Å². The first-order valence-electron chi connectivity index (χ1n) is 28.0. The summed E-state index contributed by atoms with van der Waals surface area (Å²) in [6.45, 7) is 8.51. The number of nitrogen functional groups attached to an aromatic ring is 1. The van der Waals surface area contributed by atoms with E-state index in [4.69, 9.17) is 45.6 Å². The van der Waals surface area contributed by atoms with E-state index < -0.39 is 94.2 Å². The van der Waals surface area contributed by atoms with Crippen molar-refractivity contribution in [2.24, 2.45) is 0 Å². The van der Waals surface area contributed by atoms with Crippen molar-refractivity contribution in [3.05, 3.63) is 124 Å². The number of nitrogens with two attached hydrogens (primary N) is 1. The van der Waals surface area contributed by atoms with Gasteiger partial charge in [-0.25, -0.2) is 70.1 Å². The minimum Gasteiger partial charge on any atom is -0.384 e. The smallest absolute Gasteiger partial charge is 0.384 e. The fourth-order valence-corrected chi connectivity index (χ4v) is 13.2. The maximum absolute atomic E-state index is 13.0. The van der Waals surface area contributed by atoms with Crippen molar-refractivity contribution < 1.29 is 80.1 Å². The first kappa shape index (κ1) is 78.6. The molecule has 9 heterocycles. The van der Waals surface area contributed by atoms with Gasteiger partial charge < -0.3 is 36.2 Å². The van der Waals surface area contributed by atoms with Crippen LogP contribution in [0.5, 0.6) is 0 Å². The molecule has 6 aromatic rings. The monoisotopic (exact) mass is 1480 g/mol. The van der Waals surface area contributed by atoms with E-state index in [1.165, 1.54) is 67.9 Å². The molecule has 524 valence electrons. The lowest BCUT2D eigenvalue weighted by Gasteiger charge is -2.38. The third kappa shape index (κ3) is 19.1. The number of pyridine rings is 3. The molecule has 0 spiro atoms.